The van der Waals surface area contributed by atoms with Crippen LogP contribution in [0.5, 0.6) is 5.75 Å². The van der Waals surface area contributed by atoms with Gasteiger partial charge in [-0.25, -0.2) is 9.69 Å². The predicted molar refractivity (Wildman–Crippen MR) is 126 cm³/mol. The lowest BCUT2D eigenvalue weighted by Gasteiger charge is -2.26. The van der Waals surface area contributed by atoms with Crippen molar-refractivity contribution in [3.8, 4) is 5.75 Å². The van der Waals surface area contributed by atoms with Crippen LogP contribution in [-0.2, 0) is 9.59 Å². The van der Waals surface area contributed by atoms with Gasteiger partial charge in [-0.2, -0.15) is 0 Å². The summed E-state index contributed by atoms with van der Waals surface area (Å²) in [5, 5.41) is 2.23. The summed E-state index contributed by atoms with van der Waals surface area (Å²) >= 11 is 8.97. The smallest absolute Gasteiger partial charge is 0.335 e. The van der Waals surface area contributed by atoms with Gasteiger partial charge in [-0.1, -0.05) is 15.9 Å². The van der Waals surface area contributed by atoms with Crippen LogP contribution in [0.4, 0.5) is 10.5 Å². The molecule has 0 bridgehead atoms. The summed E-state index contributed by atoms with van der Waals surface area (Å²) in [6.07, 6.45) is 1.46. The molecule has 2 aromatic carbocycles. The second-order valence-electron chi connectivity index (χ2n) is 6.14. The number of nitrogens with zero attached hydrogens (tertiary/aromatic N) is 1. The number of barbiturate groups is 1. The van der Waals surface area contributed by atoms with Crippen LogP contribution in [0.3, 0.4) is 0 Å². The van der Waals surface area contributed by atoms with Crippen molar-refractivity contribution in [3.05, 3.63) is 59.5 Å². The van der Waals surface area contributed by atoms with Gasteiger partial charge in [-0.05, 0) is 99.9 Å². The molecule has 1 aliphatic rings. The zero-order valence-corrected chi connectivity index (χ0v) is 20.7. The maximum Gasteiger partial charge on any atom is 0.335 e. The first kappa shape index (κ1) is 22.0. The number of halogens is 3. The van der Waals surface area contributed by atoms with Gasteiger partial charge in [0.15, 0.2) is 0 Å². The van der Waals surface area contributed by atoms with E-state index in [4.69, 9.17) is 4.74 Å². The number of ether oxygens (including phenoxy) is 1. The van der Waals surface area contributed by atoms with E-state index in [-0.39, 0.29) is 5.57 Å². The summed E-state index contributed by atoms with van der Waals surface area (Å²) in [5.41, 5.74) is 1.74. The number of hydrogen-bond acceptors (Lipinski definition) is 4. The zero-order chi connectivity index (χ0) is 21.3. The molecule has 0 aliphatic carbocycles. The van der Waals surface area contributed by atoms with Gasteiger partial charge in [0.1, 0.15) is 11.3 Å². The van der Waals surface area contributed by atoms with Crippen molar-refractivity contribution in [1.82, 2.24) is 5.32 Å². The van der Waals surface area contributed by atoms with Crippen molar-refractivity contribution in [1.29, 1.82) is 0 Å². The fourth-order valence-electron chi connectivity index (χ4n) is 2.77. The number of imide groups is 2. The monoisotopic (exact) mass is 632 g/mol. The molecule has 1 aliphatic heterocycles. The third-order valence-electron chi connectivity index (χ3n) is 4.12. The average molecular weight is 634 g/mol. The SMILES string of the molecule is CCOc1c(Br)cc(/C=C2\C(=O)NC(=O)N(c3ccc(Br)c(C)c3)C2=O)cc1I. The van der Waals surface area contributed by atoms with Crippen molar-refractivity contribution in [2.75, 3.05) is 11.5 Å². The molecule has 1 saturated heterocycles. The molecule has 150 valence electrons. The molecule has 4 amide bonds. The number of carbonyl (C=O) groups excluding carboxylic acids is 3. The number of amides is 4. The third kappa shape index (κ3) is 4.56. The average Bonchev–Trinajstić information content (AvgIpc) is 2.64. The lowest BCUT2D eigenvalue weighted by molar-refractivity contribution is -0.122. The molecule has 0 atom stereocenters. The second kappa shape index (κ2) is 8.97. The Kier molecular flexibility index (Phi) is 6.79. The number of rotatable bonds is 4. The number of anilines is 1. The highest BCUT2D eigenvalue weighted by molar-refractivity contribution is 14.1. The van der Waals surface area contributed by atoms with Crippen LogP contribution in [0.1, 0.15) is 18.1 Å². The molecule has 9 heteroatoms. The maximum atomic E-state index is 13.0. The van der Waals surface area contributed by atoms with Crippen molar-refractivity contribution in [2.45, 2.75) is 13.8 Å². The van der Waals surface area contributed by atoms with E-state index in [1.54, 1.807) is 30.3 Å². The van der Waals surface area contributed by atoms with E-state index in [0.717, 1.165) is 18.5 Å². The molecule has 3 rings (SSSR count). The number of nitrogens with one attached hydrogen (secondary N) is 1. The fraction of sp³-hybridized carbons (Fsp3) is 0.150. The lowest BCUT2D eigenvalue weighted by atomic mass is 10.1. The first-order chi connectivity index (χ1) is 13.7. The highest BCUT2D eigenvalue weighted by Crippen LogP contribution is 2.33. The third-order valence-corrected chi connectivity index (χ3v) is 6.40. The number of aryl methyl sites for hydroxylation is 1. The molecular formula is C20H15Br2IN2O4. The van der Waals surface area contributed by atoms with Crippen LogP contribution in [0.2, 0.25) is 0 Å². The molecule has 0 radical (unpaired) electrons. The molecule has 0 unspecified atom stereocenters. The standard InChI is InChI=1S/C20H15Br2IN2O4/c1-3-29-17-15(22)8-11(9-16(17)23)7-13-18(26)24-20(28)25(19(13)27)12-4-5-14(21)10(2)6-12/h4-9H,3H2,1-2H3,(H,24,26,28)/b13-7+. The van der Waals surface area contributed by atoms with Gasteiger partial charge in [0.25, 0.3) is 11.8 Å². The summed E-state index contributed by atoms with van der Waals surface area (Å²) in [6, 6.07) is 7.86. The molecule has 1 heterocycles. The molecule has 1 fully saturated rings. The van der Waals surface area contributed by atoms with Gasteiger partial charge in [-0.15, -0.1) is 0 Å². The summed E-state index contributed by atoms with van der Waals surface area (Å²) in [5.74, 6) is -0.720. The van der Waals surface area contributed by atoms with Gasteiger partial charge in [-0.3, -0.25) is 14.9 Å². The minimum absolute atomic E-state index is 0.128. The highest BCUT2D eigenvalue weighted by atomic mass is 127. The minimum Gasteiger partial charge on any atom is -0.492 e. The van der Waals surface area contributed by atoms with Crippen LogP contribution in [0.15, 0.2) is 44.9 Å². The Morgan fingerprint density at radius 3 is 2.48 bits per heavy atom. The van der Waals surface area contributed by atoms with Gasteiger partial charge in [0, 0.05) is 4.47 Å². The van der Waals surface area contributed by atoms with Crippen LogP contribution < -0.4 is 15.0 Å². The first-order valence-corrected chi connectivity index (χ1v) is 11.2. The Morgan fingerprint density at radius 1 is 1.14 bits per heavy atom. The fourth-order valence-corrected chi connectivity index (χ4v) is 4.79. The van der Waals surface area contributed by atoms with Crippen LogP contribution in [0, 0.1) is 10.5 Å². The maximum absolute atomic E-state index is 13.0. The largest absolute Gasteiger partial charge is 0.492 e. The Bertz CT molecular complexity index is 1050. The van der Waals surface area contributed by atoms with Crippen molar-refractivity contribution < 1.29 is 19.1 Å². The molecule has 0 aromatic heterocycles. The van der Waals surface area contributed by atoms with E-state index < -0.39 is 17.8 Å². The summed E-state index contributed by atoms with van der Waals surface area (Å²) < 4.78 is 7.97. The van der Waals surface area contributed by atoms with E-state index >= 15 is 0 Å². The Morgan fingerprint density at radius 2 is 1.86 bits per heavy atom. The molecule has 1 N–H and O–H groups in total. The van der Waals surface area contributed by atoms with Gasteiger partial charge in [0.05, 0.1) is 20.3 Å². The number of urea groups is 1. The second-order valence-corrected chi connectivity index (χ2v) is 9.01. The van der Waals surface area contributed by atoms with E-state index in [1.165, 1.54) is 6.08 Å². The Balaban J connectivity index is 2.02. The number of benzene rings is 2. The summed E-state index contributed by atoms with van der Waals surface area (Å²) in [6.45, 7) is 4.25. The van der Waals surface area contributed by atoms with E-state index in [9.17, 15) is 14.4 Å². The van der Waals surface area contributed by atoms with Gasteiger partial charge < -0.3 is 4.74 Å². The molecule has 29 heavy (non-hydrogen) atoms. The number of hydrogen-bond donors (Lipinski definition) is 1. The first-order valence-electron chi connectivity index (χ1n) is 8.52. The number of carbonyl (C=O) groups is 3. The van der Waals surface area contributed by atoms with Crippen molar-refractivity contribution in [3.63, 3.8) is 0 Å². The molecule has 2 aromatic rings. The normalized spacial score (nSPS) is 15.7. The Hall–Kier alpha value is -1.72. The van der Waals surface area contributed by atoms with Crippen LogP contribution in [0.25, 0.3) is 6.08 Å². The molecule has 6 nitrogen and oxygen atoms in total. The van der Waals surface area contributed by atoms with E-state index in [0.29, 0.717) is 28.1 Å². The van der Waals surface area contributed by atoms with Crippen LogP contribution in [-0.4, -0.2) is 24.5 Å². The summed E-state index contributed by atoms with van der Waals surface area (Å²) in [4.78, 5) is 38.7. The predicted octanol–water partition coefficient (Wildman–Crippen LogP) is 5.19. The molecular weight excluding hydrogens is 619 g/mol. The molecule has 0 saturated carbocycles. The zero-order valence-electron chi connectivity index (χ0n) is 15.4. The van der Waals surface area contributed by atoms with E-state index in [1.807, 2.05) is 13.8 Å². The van der Waals surface area contributed by atoms with Gasteiger partial charge >= 0.3 is 6.03 Å². The van der Waals surface area contributed by atoms with Crippen molar-refractivity contribution >= 4 is 84.1 Å². The molecule has 0 spiro atoms. The van der Waals surface area contributed by atoms with Crippen LogP contribution >= 0.6 is 54.5 Å². The van der Waals surface area contributed by atoms with Crippen molar-refractivity contribution in [2.24, 2.45) is 0 Å². The Labute approximate surface area is 198 Å². The van der Waals surface area contributed by atoms with E-state index in [2.05, 4.69) is 59.8 Å². The minimum atomic E-state index is -0.777. The topological polar surface area (TPSA) is 75.7 Å². The lowest BCUT2D eigenvalue weighted by Crippen LogP contribution is -2.54. The quantitative estimate of drug-likeness (QED) is 0.286. The van der Waals surface area contributed by atoms with Gasteiger partial charge in [0.2, 0.25) is 0 Å². The highest BCUT2D eigenvalue weighted by Gasteiger charge is 2.37. The summed E-state index contributed by atoms with van der Waals surface area (Å²) in [7, 11) is 0.